The standard InChI is InChI=1S/C56H92O6/c1-4-7-10-13-16-19-22-23-24-25-26-27-28-29-30-31-32-33-35-37-40-43-46-49-55(58)61-52-53(51-60-54(57)48-45-42-39-36-21-18-15-12-9-6-3)62-56(59)50-47-44-41-38-34-20-17-14-11-8-5-2/h7,10,12,14-17,19,23-24,26-27,29-30,32-33,53H,4-6,8-9,11,13,18,20-22,25,28,31,34-52H2,1-3H3/b10-7-,15-12-,17-14-,19-16-,24-23-,27-26-,30-29-,33-32-. The maximum absolute atomic E-state index is 12.7. The molecule has 0 aliphatic carbocycles. The molecule has 0 aromatic carbocycles. The van der Waals surface area contributed by atoms with E-state index in [-0.39, 0.29) is 31.1 Å². The molecule has 6 nitrogen and oxygen atoms in total. The van der Waals surface area contributed by atoms with Crippen molar-refractivity contribution in [3.05, 3.63) is 97.2 Å². The molecule has 0 aliphatic heterocycles. The van der Waals surface area contributed by atoms with Gasteiger partial charge in [-0.15, -0.1) is 0 Å². The Labute approximate surface area is 381 Å². The number of rotatable bonds is 44. The number of ether oxygens (including phenoxy) is 3. The van der Waals surface area contributed by atoms with Gasteiger partial charge in [-0.25, -0.2) is 0 Å². The van der Waals surface area contributed by atoms with Gasteiger partial charge in [-0.3, -0.25) is 14.4 Å². The number of allylic oxidation sites excluding steroid dienone is 16. The molecule has 1 unspecified atom stereocenters. The van der Waals surface area contributed by atoms with Crippen LogP contribution in [0.25, 0.3) is 0 Å². The zero-order valence-corrected chi connectivity index (χ0v) is 40.1. The lowest BCUT2D eigenvalue weighted by atomic mass is 10.1. The fourth-order valence-corrected chi connectivity index (χ4v) is 6.49. The highest BCUT2D eigenvalue weighted by atomic mass is 16.6. The Morgan fingerprint density at radius 1 is 0.339 bits per heavy atom. The van der Waals surface area contributed by atoms with Crippen molar-refractivity contribution >= 4 is 17.9 Å². The molecule has 0 aromatic rings. The molecule has 62 heavy (non-hydrogen) atoms. The predicted molar refractivity (Wildman–Crippen MR) is 265 cm³/mol. The number of esters is 3. The van der Waals surface area contributed by atoms with Gasteiger partial charge in [0.25, 0.3) is 0 Å². The second kappa shape index (κ2) is 50.0. The van der Waals surface area contributed by atoms with E-state index in [1.165, 1.54) is 38.5 Å². The summed E-state index contributed by atoms with van der Waals surface area (Å²) in [6, 6.07) is 0. The van der Waals surface area contributed by atoms with Crippen molar-refractivity contribution in [2.45, 2.75) is 226 Å². The smallest absolute Gasteiger partial charge is 0.306 e. The number of carbonyl (C=O) groups excluding carboxylic acids is 3. The van der Waals surface area contributed by atoms with Crippen LogP contribution in [0.3, 0.4) is 0 Å². The van der Waals surface area contributed by atoms with Gasteiger partial charge in [0.2, 0.25) is 0 Å². The monoisotopic (exact) mass is 861 g/mol. The largest absolute Gasteiger partial charge is 0.462 e. The topological polar surface area (TPSA) is 78.9 Å². The number of unbranched alkanes of at least 4 members (excludes halogenated alkanes) is 17. The summed E-state index contributed by atoms with van der Waals surface area (Å²) in [7, 11) is 0. The minimum absolute atomic E-state index is 0.0949. The summed E-state index contributed by atoms with van der Waals surface area (Å²) in [5.41, 5.74) is 0. The summed E-state index contributed by atoms with van der Waals surface area (Å²) in [5.74, 6) is -0.947. The Balaban J connectivity index is 4.36. The molecule has 352 valence electrons. The van der Waals surface area contributed by atoms with Gasteiger partial charge in [0.15, 0.2) is 6.10 Å². The third-order valence-corrected chi connectivity index (χ3v) is 10.3. The molecule has 0 saturated heterocycles. The van der Waals surface area contributed by atoms with Crippen molar-refractivity contribution in [2.24, 2.45) is 0 Å². The number of hydrogen-bond acceptors (Lipinski definition) is 6. The van der Waals surface area contributed by atoms with E-state index < -0.39 is 6.10 Å². The molecule has 0 N–H and O–H groups in total. The van der Waals surface area contributed by atoms with Crippen LogP contribution in [0, 0.1) is 0 Å². The predicted octanol–water partition coefficient (Wildman–Crippen LogP) is 16.6. The van der Waals surface area contributed by atoms with Crippen molar-refractivity contribution in [1.82, 2.24) is 0 Å². The normalized spacial score (nSPS) is 12.9. The van der Waals surface area contributed by atoms with Crippen LogP contribution in [0.15, 0.2) is 97.2 Å². The Morgan fingerprint density at radius 3 is 1.06 bits per heavy atom. The van der Waals surface area contributed by atoms with Crippen molar-refractivity contribution < 1.29 is 28.6 Å². The number of hydrogen-bond donors (Lipinski definition) is 0. The zero-order valence-electron chi connectivity index (χ0n) is 40.1. The summed E-state index contributed by atoms with van der Waals surface area (Å²) in [4.78, 5) is 37.8. The van der Waals surface area contributed by atoms with E-state index in [0.717, 1.165) is 141 Å². The maximum Gasteiger partial charge on any atom is 0.306 e. The van der Waals surface area contributed by atoms with Gasteiger partial charge in [-0.05, 0) is 109 Å². The lowest BCUT2D eigenvalue weighted by Crippen LogP contribution is -2.30. The first kappa shape index (κ1) is 58.3. The lowest BCUT2D eigenvalue weighted by Gasteiger charge is -2.18. The Hall–Kier alpha value is -3.67. The molecule has 0 rings (SSSR count). The van der Waals surface area contributed by atoms with Crippen LogP contribution in [0.2, 0.25) is 0 Å². The Kier molecular flexibility index (Phi) is 47.0. The molecule has 0 aliphatic rings. The van der Waals surface area contributed by atoms with Crippen LogP contribution in [0.4, 0.5) is 0 Å². The van der Waals surface area contributed by atoms with Gasteiger partial charge < -0.3 is 14.2 Å². The summed E-state index contributed by atoms with van der Waals surface area (Å²) in [5, 5.41) is 0. The second-order valence-electron chi connectivity index (χ2n) is 16.3. The van der Waals surface area contributed by atoms with E-state index >= 15 is 0 Å². The Morgan fingerprint density at radius 2 is 0.661 bits per heavy atom. The Bertz CT molecular complexity index is 1260. The minimum atomic E-state index is -0.794. The van der Waals surface area contributed by atoms with Gasteiger partial charge in [0.05, 0.1) is 0 Å². The van der Waals surface area contributed by atoms with E-state index in [1.807, 2.05) is 0 Å². The van der Waals surface area contributed by atoms with Crippen LogP contribution in [0.1, 0.15) is 220 Å². The summed E-state index contributed by atoms with van der Waals surface area (Å²) in [6.07, 6.45) is 65.4. The van der Waals surface area contributed by atoms with Crippen molar-refractivity contribution in [3.63, 3.8) is 0 Å². The third-order valence-electron chi connectivity index (χ3n) is 10.3. The van der Waals surface area contributed by atoms with Crippen LogP contribution in [-0.4, -0.2) is 37.2 Å². The first-order chi connectivity index (χ1) is 30.5. The molecular formula is C56H92O6. The molecule has 0 heterocycles. The van der Waals surface area contributed by atoms with Crippen LogP contribution in [0.5, 0.6) is 0 Å². The van der Waals surface area contributed by atoms with E-state index in [0.29, 0.717) is 19.3 Å². The molecule has 0 radical (unpaired) electrons. The first-order valence-electron chi connectivity index (χ1n) is 25.2. The van der Waals surface area contributed by atoms with E-state index in [1.54, 1.807) is 0 Å². The molecule has 0 aromatic heterocycles. The third kappa shape index (κ3) is 47.4. The molecule has 0 fully saturated rings. The summed E-state index contributed by atoms with van der Waals surface area (Å²) < 4.78 is 16.7. The van der Waals surface area contributed by atoms with Gasteiger partial charge in [0, 0.05) is 19.3 Å². The van der Waals surface area contributed by atoms with E-state index in [4.69, 9.17) is 14.2 Å². The van der Waals surface area contributed by atoms with Gasteiger partial charge >= 0.3 is 17.9 Å². The average Bonchev–Trinajstić information content (AvgIpc) is 3.27. The molecule has 6 heteroatoms. The highest BCUT2D eigenvalue weighted by Gasteiger charge is 2.19. The fraction of sp³-hybridized carbons (Fsp3) is 0.661. The summed E-state index contributed by atoms with van der Waals surface area (Å²) >= 11 is 0. The van der Waals surface area contributed by atoms with Crippen LogP contribution < -0.4 is 0 Å². The lowest BCUT2D eigenvalue weighted by molar-refractivity contribution is -0.167. The molecule has 0 bridgehead atoms. The van der Waals surface area contributed by atoms with Gasteiger partial charge in [-0.1, -0.05) is 189 Å². The van der Waals surface area contributed by atoms with Crippen LogP contribution in [-0.2, 0) is 28.6 Å². The molecule has 0 spiro atoms. The zero-order chi connectivity index (χ0) is 45.1. The highest BCUT2D eigenvalue weighted by Crippen LogP contribution is 2.13. The minimum Gasteiger partial charge on any atom is -0.462 e. The molecule has 0 amide bonds. The summed E-state index contributed by atoms with van der Waals surface area (Å²) in [6.45, 7) is 6.37. The van der Waals surface area contributed by atoms with Crippen molar-refractivity contribution in [2.75, 3.05) is 13.2 Å². The van der Waals surface area contributed by atoms with Crippen LogP contribution >= 0.6 is 0 Å². The molecule has 0 saturated carbocycles. The highest BCUT2D eigenvalue weighted by molar-refractivity contribution is 5.71. The SMILES string of the molecule is CC/C=C\C/C=C\C/C=C\C/C=C\C/C=C\C/C=C\CCCCCCC(=O)OCC(COC(=O)CCCCCCC/C=C\CCC)OC(=O)CCCCCCC/C=C\CCCC. The number of carbonyl (C=O) groups is 3. The van der Waals surface area contributed by atoms with E-state index in [9.17, 15) is 14.4 Å². The quantitative estimate of drug-likeness (QED) is 0.0263. The maximum atomic E-state index is 12.7. The van der Waals surface area contributed by atoms with Gasteiger partial charge in [-0.2, -0.15) is 0 Å². The molecular weight excluding hydrogens is 769 g/mol. The van der Waals surface area contributed by atoms with E-state index in [2.05, 4.69) is 118 Å². The first-order valence-corrected chi connectivity index (χ1v) is 25.2. The fourth-order valence-electron chi connectivity index (χ4n) is 6.49. The molecule has 1 atom stereocenters. The van der Waals surface area contributed by atoms with Crippen molar-refractivity contribution in [1.29, 1.82) is 0 Å². The average molecular weight is 861 g/mol. The van der Waals surface area contributed by atoms with Crippen molar-refractivity contribution in [3.8, 4) is 0 Å². The second-order valence-corrected chi connectivity index (χ2v) is 16.3. The van der Waals surface area contributed by atoms with Gasteiger partial charge in [0.1, 0.15) is 13.2 Å².